The number of Topliss-reactive ketones (excluding diaryl/α,β-unsaturated/α-hetero) is 1. The van der Waals surface area contributed by atoms with Gasteiger partial charge in [-0.25, -0.2) is 0 Å². The molecule has 1 amide bonds. The van der Waals surface area contributed by atoms with Crippen LogP contribution in [0.4, 0.5) is 5.69 Å². The first-order valence-electron chi connectivity index (χ1n) is 5.37. The molecule has 1 unspecified atom stereocenters. The molecule has 5 heteroatoms. The van der Waals surface area contributed by atoms with Crippen LogP contribution in [0.2, 0.25) is 0 Å². The molecule has 1 N–H and O–H groups in total. The van der Waals surface area contributed by atoms with Crippen molar-refractivity contribution in [2.45, 2.75) is 23.5 Å². The third-order valence-electron chi connectivity index (χ3n) is 2.57. The maximum absolute atomic E-state index is 11.7. The average Bonchev–Trinajstić information content (AvgIpc) is 2.30. The minimum absolute atomic E-state index is 0.0127. The monoisotopic (exact) mass is 267 g/mol. The summed E-state index contributed by atoms with van der Waals surface area (Å²) < 4.78 is 0. The maximum Gasteiger partial charge on any atom is 0.237 e. The molecule has 0 radical (unpaired) electrons. The van der Waals surface area contributed by atoms with Crippen LogP contribution in [0.5, 0.6) is 0 Å². The number of hydrogen-bond donors (Lipinski definition) is 2. The van der Waals surface area contributed by atoms with Gasteiger partial charge in [-0.2, -0.15) is 12.6 Å². The van der Waals surface area contributed by atoms with Crippen LogP contribution in [0, 0.1) is 0 Å². The molecule has 1 aliphatic rings. The molecule has 1 aromatic rings. The Labute approximate surface area is 110 Å². The quantitative estimate of drug-likeness (QED) is 0.653. The molecule has 0 saturated heterocycles. The van der Waals surface area contributed by atoms with Gasteiger partial charge in [-0.15, -0.1) is 11.8 Å². The molecule has 90 valence electrons. The Morgan fingerprint density at radius 2 is 2.29 bits per heavy atom. The van der Waals surface area contributed by atoms with Gasteiger partial charge in [0.05, 0.1) is 10.9 Å². The van der Waals surface area contributed by atoms with Gasteiger partial charge >= 0.3 is 0 Å². The minimum atomic E-state index is -0.0820. The molecule has 0 aliphatic carbocycles. The molecular formula is C12H13NO2S2. The van der Waals surface area contributed by atoms with Crippen LogP contribution in [0.15, 0.2) is 23.1 Å². The zero-order valence-electron chi connectivity index (χ0n) is 9.40. The molecule has 0 aromatic heterocycles. The molecular weight excluding hydrogens is 254 g/mol. The van der Waals surface area contributed by atoms with E-state index < -0.39 is 0 Å². The van der Waals surface area contributed by atoms with E-state index in [0.29, 0.717) is 17.7 Å². The van der Waals surface area contributed by atoms with Crippen LogP contribution >= 0.6 is 24.4 Å². The van der Waals surface area contributed by atoms with Crippen molar-refractivity contribution in [3.8, 4) is 0 Å². The van der Waals surface area contributed by atoms with E-state index >= 15 is 0 Å². The van der Waals surface area contributed by atoms with Gasteiger partial charge in [-0.05, 0) is 24.8 Å². The summed E-state index contributed by atoms with van der Waals surface area (Å²) in [6, 6.07) is 5.45. The summed E-state index contributed by atoms with van der Waals surface area (Å²) in [4.78, 5) is 24.3. The summed E-state index contributed by atoms with van der Waals surface area (Å²) in [5.41, 5.74) is 1.37. The van der Waals surface area contributed by atoms with Gasteiger partial charge in [0.15, 0.2) is 5.78 Å². The second-order valence-corrected chi connectivity index (χ2v) is 5.69. The number of nitrogens with one attached hydrogen (secondary N) is 1. The number of hydrogen-bond acceptors (Lipinski definition) is 4. The van der Waals surface area contributed by atoms with Crippen LogP contribution < -0.4 is 5.32 Å². The van der Waals surface area contributed by atoms with Gasteiger partial charge in [0.2, 0.25) is 5.91 Å². The molecule has 0 spiro atoms. The number of thiol groups is 1. The number of thioether (sulfide) groups is 1. The number of ketones is 1. The highest BCUT2D eigenvalue weighted by molar-refractivity contribution is 8.00. The number of rotatable bonds is 3. The van der Waals surface area contributed by atoms with Crippen LogP contribution in [-0.2, 0) is 4.79 Å². The van der Waals surface area contributed by atoms with Crippen molar-refractivity contribution >= 4 is 41.8 Å². The van der Waals surface area contributed by atoms with E-state index in [1.165, 1.54) is 11.8 Å². The molecule has 17 heavy (non-hydrogen) atoms. The van der Waals surface area contributed by atoms with E-state index in [0.717, 1.165) is 10.6 Å². The van der Waals surface area contributed by atoms with Crippen LogP contribution in [0.3, 0.4) is 0 Å². The van der Waals surface area contributed by atoms with Crippen molar-refractivity contribution < 1.29 is 9.59 Å². The Morgan fingerprint density at radius 1 is 1.53 bits per heavy atom. The van der Waals surface area contributed by atoms with E-state index in [4.69, 9.17) is 0 Å². The minimum Gasteiger partial charge on any atom is -0.324 e. The highest BCUT2D eigenvalue weighted by atomic mass is 32.2. The van der Waals surface area contributed by atoms with Crippen molar-refractivity contribution in [2.24, 2.45) is 0 Å². The van der Waals surface area contributed by atoms with Gasteiger partial charge < -0.3 is 5.32 Å². The van der Waals surface area contributed by atoms with Crippen molar-refractivity contribution in [3.63, 3.8) is 0 Å². The molecule has 2 rings (SSSR count). The van der Waals surface area contributed by atoms with Crippen molar-refractivity contribution in [3.05, 3.63) is 23.8 Å². The third kappa shape index (κ3) is 2.66. The first-order valence-corrected chi connectivity index (χ1v) is 6.88. The predicted molar refractivity (Wildman–Crippen MR) is 73.2 cm³/mol. The summed E-state index contributed by atoms with van der Waals surface area (Å²) in [5, 5.41) is 2.73. The van der Waals surface area contributed by atoms with E-state index in [-0.39, 0.29) is 16.9 Å². The van der Waals surface area contributed by atoms with E-state index in [1.54, 1.807) is 6.07 Å². The van der Waals surface area contributed by atoms with E-state index in [1.807, 2.05) is 19.1 Å². The smallest absolute Gasteiger partial charge is 0.237 e. The Bertz CT molecular complexity index is 474. The fraction of sp³-hybridized carbons (Fsp3) is 0.333. The highest BCUT2D eigenvalue weighted by Gasteiger charge is 2.23. The first-order chi connectivity index (χ1) is 8.11. The van der Waals surface area contributed by atoms with Gasteiger partial charge in [0.25, 0.3) is 0 Å². The Morgan fingerprint density at radius 3 is 3.00 bits per heavy atom. The summed E-state index contributed by atoms with van der Waals surface area (Å²) in [6.07, 6.45) is 0.416. The summed E-state index contributed by atoms with van der Waals surface area (Å²) in [6.45, 7) is 1.86. The Hall–Kier alpha value is -0.940. The highest BCUT2D eigenvalue weighted by Crippen LogP contribution is 2.36. The topological polar surface area (TPSA) is 46.2 Å². The first kappa shape index (κ1) is 12.5. The molecule has 1 heterocycles. The molecule has 0 bridgehead atoms. The summed E-state index contributed by atoms with van der Waals surface area (Å²) in [5.74, 6) is 0.579. The van der Waals surface area contributed by atoms with E-state index in [9.17, 15) is 9.59 Å². The summed E-state index contributed by atoms with van der Waals surface area (Å²) in [7, 11) is 0. The number of benzene rings is 1. The SMILES string of the molecule is CC1Sc2ccc(C(=O)CCS)cc2NC1=O. The average molecular weight is 267 g/mol. The number of carbonyl (C=O) groups is 2. The second kappa shape index (κ2) is 5.14. The lowest BCUT2D eigenvalue weighted by molar-refractivity contribution is -0.115. The van der Waals surface area contributed by atoms with Crippen molar-refractivity contribution in [1.82, 2.24) is 0 Å². The van der Waals surface area contributed by atoms with Gasteiger partial charge in [0.1, 0.15) is 0 Å². The number of anilines is 1. The number of fused-ring (bicyclic) bond motifs is 1. The Kier molecular flexibility index (Phi) is 3.79. The summed E-state index contributed by atoms with van der Waals surface area (Å²) >= 11 is 5.56. The van der Waals surface area contributed by atoms with E-state index in [2.05, 4.69) is 17.9 Å². The number of amides is 1. The van der Waals surface area contributed by atoms with Crippen LogP contribution in [-0.4, -0.2) is 22.7 Å². The fourth-order valence-corrected chi connectivity index (χ4v) is 2.76. The molecule has 1 atom stereocenters. The molecule has 0 saturated carbocycles. The van der Waals surface area contributed by atoms with Gasteiger partial charge in [0, 0.05) is 16.9 Å². The Balaban J connectivity index is 2.28. The largest absolute Gasteiger partial charge is 0.324 e. The maximum atomic E-state index is 11.7. The molecule has 1 aliphatic heterocycles. The van der Waals surface area contributed by atoms with Crippen LogP contribution in [0.1, 0.15) is 23.7 Å². The third-order valence-corrected chi connectivity index (χ3v) is 3.97. The van der Waals surface area contributed by atoms with Crippen molar-refractivity contribution in [1.29, 1.82) is 0 Å². The normalized spacial score (nSPS) is 18.5. The molecule has 0 fully saturated rings. The second-order valence-electron chi connectivity index (χ2n) is 3.86. The lowest BCUT2D eigenvalue weighted by Crippen LogP contribution is -2.26. The van der Waals surface area contributed by atoms with Gasteiger partial charge in [-0.3, -0.25) is 9.59 Å². The lowest BCUT2D eigenvalue weighted by Gasteiger charge is -2.21. The number of carbonyl (C=O) groups excluding carboxylic acids is 2. The van der Waals surface area contributed by atoms with Gasteiger partial charge in [-0.1, -0.05) is 6.07 Å². The predicted octanol–water partition coefficient (Wildman–Crippen LogP) is 2.62. The molecule has 1 aromatic carbocycles. The lowest BCUT2D eigenvalue weighted by atomic mass is 10.1. The zero-order chi connectivity index (χ0) is 12.4. The van der Waals surface area contributed by atoms with Crippen molar-refractivity contribution in [2.75, 3.05) is 11.1 Å². The molecule has 3 nitrogen and oxygen atoms in total. The fourth-order valence-electron chi connectivity index (χ4n) is 1.63. The van der Waals surface area contributed by atoms with Crippen LogP contribution in [0.25, 0.3) is 0 Å². The zero-order valence-corrected chi connectivity index (χ0v) is 11.1. The standard InChI is InChI=1S/C12H13NO2S2/c1-7-12(15)13-9-6-8(10(14)4-5-16)2-3-11(9)17-7/h2-3,6-7,16H,4-5H2,1H3,(H,13,15).